The lowest BCUT2D eigenvalue weighted by molar-refractivity contribution is -0.384. The second-order valence-corrected chi connectivity index (χ2v) is 4.18. The van der Waals surface area contributed by atoms with Gasteiger partial charge in [0.25, 0.3) is 11.2 Å². The van der Waals surface area contributed by atoms with Crippen LogP contribution in [0.1, 0.15) is 5.56 Å². The summed E-state index contributed by atoms with van der Waals surface area (Å²) in [5.74, 6) is 0. The quantitative estimate of drug-likeness (QED) is 0.398. The van der Waals surface area contributed by atoms with Crippen molar-refractivity contribution in [1.82, 2.24) is 9.66 Å². The summed E-state index contributed by atoms with van der Waals surface area (Å²) in [6.45, 7) is 0. The van der Waals surface area contributed by atoms with Crippen LogP contribution in [0.15, 0.2) is 34.3 Å². The zero-order valence-electron chi connectivity index (χ0n) is 10.1. The third-order valence-electron chi connectivity index (χ3n) is 2.64. The minimum Gasteiger partial charge on any atom is -0.329 e. The molecule has 0 aliphatic heterocycles. The van der Waals surface area contributed by atoms with E-state index in [4.69, 9.17) is 17.5 Å². The van der Waals surface area contributed by atoms with E-state index in [1.165, 1.54) is 24.3 Å². The molecule has 1 aromatic heterocycles. The summed E-state index contributed by atoms with van der Waals surface area (Å²) >= 11 is 4.80. The number of hydrogen-bond donors (Lipinski definition) is 1. The molecular weight excluding hydrogens is 298 g/mol. The van der Waals surface area contributed by atoms with Gasteiger partial charge in [-0.25, -0.2) is 0 Å². The third kappa shape index (κ3) is 2.45. The number of nitrogens with zero attached hydrogens (tertiary/aromatic N) is 4. The van der Waals surface area contributed by atoms with Gasteiger partial charge >= 0.3 is 0 Å². The second kappa shape index (κ2) is 5.43. The highest BCUT2D eigenvalue weighted by Gasteiger charge is 2.15. The Hall–Kier alpha value is -3.19. The number of benzene rings is 1. The maximum Gasteiger partial charge on any atom is 0.296 e. The molecule has 2 aromatic rings. The number of hydrogen-bond acceptors (Lipinski definition) is 7. The predicted octanol–water partition coefficient (Wildman–Crippen LogP) is 1.88. The van der Waals surface area contributed by atoms with Gasteiger partial charge in [-0.05, 0) is 24.4 Å². The van der Waals surface area contributed by atoms with Gasteiger partial charge in [-0.15, -0.1) is 9.58 Å². The first-order chi connectivity index (χ1) is 9.99. The van der Waals surface area contributed by atoms with Crippen molar-refractivity contribution < 1.29 is 4.92 Å². The Morgan fingerprint density at radius 3 is 2.48 bits per heavy atom. The van der Waals surface area contributed by atoms with Crippen molar-refractivity contribution in [1.29, 1.82) is 5.26 Å². The topological polar surface area (TPSA) is 134 Å². The van der Waals surface area contributed by atoms with E-state index in [0.29, 0.717) is 10.2 Å². The fourth-order valence-electron chi connectivity index (χ4n) is 1.67. The summed E-state index contributed by atoms with van der Waals surface area (Å²) in [4.78, 5) is 35.0. The highest BCUT2D eigenvalue weighted by atomic mass is 32.1. The van der Waals surface area contributed by atoms with Crippen molar-refractivity contribution >= 4 is 17.9 Å². The maximum atomic E-state index is 11.9. The number of nitriles is 1. The van der Waals surface area contributed by atoms with Crippen LogP contribution in [0.5, 0.6) is 0 Å². The molecule has 1 heterocycles. The number of nitro groups is 1. The van der Waals surface area contributed by atoms with Crippen LogP contribution in [0.25, 0.3) is 11.3 Å². The van der Waals surface area contributed by atoms with E-state index in [1.807, 2.05) is 0 Å². The normalized spacial score (nSPS) is 9.86. The molecule has 21 heavy (non-hydrogen) atoms. The molecule has 0 saturated heterocycles. The Morgan fingerprint density at radius 1 is 1.38 bits per heavy atom. The van der Waals surface area contributed by atoms with E-state index < -0.39 is 10.5 Å². The van der Waals surface area contributed by atoms with Crippen molar-refractivity contribution in [2.45, 2.75) is 0 Å². The van der Waals surface area contributed by atoms with Crippen molar-refractivity contribution in [2.24, 2.45) is 5.29 Å². The van der Waals surface area contributed by atoms with Crippen LogP contribution >= 0.6 is 12.2 Å². The highest BCUT2D eigenvalue weighted by molar-refractivity contribution is 7.71. The van der Waals surface area contributed by atoms with Crippen LogP contribution in [0, 0.1) is 31.1 Å². The molecule has 2 rings (SSSR count). The molecule has 0 atom stereocenters. The number of aromatic amines is 1. The van der Waals surface area contributed by atoms with Crippen LogP contribution in [0.2, 0.25) is 0 Å². The van der Waals surface area contributed by atoms with Crippen LogP contribution in [-0.2, 0) is 0 Å². The van der Waals surface area contributed by atoms with Gasteiger partial charge in [0, 0.05) is 17.7 Å². The summed E-state index contributed by atoms with van der Waals surface area (Å²) in [7, 11) is 0. The van der Waals surface area contributed by atoms with Gasteiger partial charge in [0.2, 0.25) is 4.77 Å². The Kier molecular flexibility index (Phi) is 3.68. The van der Waals surface area contributed by atoms with Crippen molar-refractivity contribution in [2.75, 3.05) is 0 Å². The second-order valence-electron chi connectivity index (χ2n) is 3.79. The molecule has 0 aliphatic carbocycles. The van der Waals surface area contributed by atoms with E-state index in [0.717, 1.165) is 0 Å². The fraction of sp³-hybridized carbons (Fsp3) is 0. The van der Waals surface area contributed by atoms with Gasteiger partial charge in [-0.3, -0.25) is 14.9 Å². The van der Waals surface area contributed by atoms with Gasteiger partial charge in [0.1, 0.15) is 11.6 Å². The largest absolute Gasteiger partial charge is 0.329 e. The SMILES string of the molecule is N#Cc1c(-c2ccc([N+](=O)[O-])cc2)[nH]c(=S)n(N=O)c1=O. The minimum absolute atomic E-state index is 0.0716. The summed E-state index contributed by atoms with van der Waals surface area (Å²) < 4.78 is 0.0744. The molecule has 9 nitrogen and oxygen atoms in total. The maximum absolute atomic E-state index is 11.9. The van der Waals surface area contributed by atoms with E-state index >= 15 is 0 Å². The lowest BCUT2D eigenvalue weighted by Gasteiger charge is -2.05. The van der Waals surface area contributed by atoms with Crippen LogP contribution < -0.4 is 5.56 Å². The molecule has 0 spiro atoms. The first-order valence-electron chi connectivity index (χ1n) is 5.37. The highest BCUT2D eigenvalue weighted by Crippen LogP contribution is 2.22. The monoisotopic (exact) mass is 303 g/mol. The van der Waals surface area contributed by atoms with E-state index in [2.05, 4.69) is 10.3 Å². The molecule has 0 saturated carbocycles. The van der Waals surface area contributed by atoms with Crippen LogP contribution in [0.3, 0.4) is 0 Å². The Morgan fingerprint density at radius 2 is 2.00 bits per heavy atom. The molecular formula is C11H5N5O4S. The molecule has 0 aliphatic rings. The van der Waals surface area contributed by atoms with E-state index in [9.17, 15) is 19.8 Å². The fourth-order valence-corrected chi connectivity index (χ4v) is 1.89. The van der Waals surface area contributed by atoms with Gasteiger partial charge in [0.05, 0.1) is 15.9 Å². The molecule has 1 aromatic carbocycles. The number of nitroso groups, excluding NO2 is 1. The number of rotatable bonds is 3. The zero-order chi connectivity index (χ0) is 15.6. The first kappa shape index (κ1) is 14.2. The molecule has 1 N–H and O–H groups in total. The molecule has 0 amide bonds. The average molecular weight is 303 g/mol. The average Bonchev–Trinajstić information content (AvgIpc) is 2.47. The Bertz CT molecular complexity index is 891. The summed E-state index contributed by atoms with van der Waals surface area (Å²) in [6, 6.07) is 6.81. The number of nitro benzene ring substituents is 1. The molecule has 104 valence electrons. The standard InChI is InChI=1S/C11H5N5O4S/c12-5-8-9(13-11(21)15(14-18)10(8)17)6-1-3-7(4-2-6)16(19)20/h1-4H,(H,13,21). The lowest BCUT2D eigenvalue weighted by atomic mass is 10.1. The molecule has 10 heteroatoms. The number of H-pyrrole nitrogens is 1. The summed E-state index contributed by atoms with van der Waals surface area (Å²) in [5, 5.41) is 22.1. The van der Waals surface area contributed by atoms with Gasteiger partial charge in [0.15, 0.2) is 0 Å². The molecule has 0 fully saturated rings. The summed E-state index contributed by atoms with van der Waals surface area (Å²) in [5.41, 5.74) is -1.04. The lowest BCUT2D eigenvalue weighted by Crippen LogP contribution is -2.22. The predicted molar refractivity (Wildman–Crippen MR) is 73.9 cm³/mol. The van der Waals surface area contributed by atoms with Crippen molar-refractivity contribution in [3.8, 4) is 17.3 Å². The summed E-state index contributed by atoms with van der Waals surface area (Å²) in [6.07, 6.45) is 0. The van der Waals surface area contributed by atoms with Crippen molar-refractivity contribution in [3.05, 3.63) is 60.0 Å². The number of aromatic nitrogens is 2. The molecule has 0 bridgehead atoms. The Labute approximate surface area is 121 Å². The van der Waals surface area contributed by atoms with E-state index in [1.54, 1.807) is 6.07 Å². The number of nitrogens with one attached hydrogen (secondary N) is 1. The van der Waals surface area contributed by atoms with Crippen LogP contribution in [0.4, 0.5) is 5.69 Å². The Balaban J connectivity index is 2.73. The van der Waals surface area contributed by atoms with Gasteiger partial charge in [-0.1, -0.05) is 0 Å². The number of non-ortho nitro benzene ring substituents is 1. The minimum atomic E-state index is -0.954. The zero-order valence-corrected chi connectivity index (χ0v) is 11.0. The first-order valence-corrected chi connectivity index (χ1v) is 5.78. The van der Waals surface area contributed by atoms with Crippen LogP contribution in [-0.4, -0.2) is 14.6 Å². The molecule has 0 unspecified atom stereocenters. The molecule has 0 radical (unpaired) electrons. The van der Waals surface area contributed by atoms with Crippen molar-refractivity contribution in [3.63, 3.8) is 0 Å². The van der Waals surface area contributed by atoms with E-state index in [-0.39, 0.29) is 21.7 Å². The smallest absolute Gasteiger partial charge is 0.296 e. The third-order valence-corrected chi connectivity index (χ3v) is 2.92. The van der Waals surface area contributed by atoms with Gasteiger partial charge in [-0.2, -0.15) is 5.26 Å². The van der Waals surface area contributed by atoms with Gasteiger partial charge < -0.3 is 4.98 Å².